The number of rotatable bonds is 8. The third-order valence-corrected chi connectivity index (χ3v) is 9.07. The molecule has 0 aliphatic heterocycles. The second-order valence-electron chi connectivity index (χ2n) is 11.3. The lowest BCUT2D eigenvalue weighted by Crippen LogP contribution is -2.47. The van der Waals surface area contributed by atoms with E-state index < -0.39 is 0 Å². The number of hydrogen-bond acceptors (Lipinski definition) is 4. The van der Waals surface area contributed by atoms with Crippen molar-refractivity contribution in [2.24, 2.45) is 17.8 Å². The van der Waals surface area contributed by atoms with Gasteiger partial charge in [-0.05, 0) is 100.0 Å². The Bertz CT molecular complexity index is 1340. The maximum absolute atomic E-state index is 13.9. The standard InChI is InChI=1S/C32H36FN3O3/c1-2-39-32(38)27-22-13-14-23(19-22)28(27)34-31(37)29-26-10-6-9-21(12-11-20-7-4-3-5-8-20)30(26)36(35-29)25-17-15-24(33)16-18-25/h3-5,7-8,15-18,21-23,27-28H,2,6,9-14,19H2,1H3,(H,34,37)/t21?,22?,23?,27-,28+/m0/s1. The van der Waals surface area contributed by atoms with Gasteiger partial charge in [0.1, 0.15) is 5.82 Å². The Morgan fingerprint density at radius 3 is 2.59 bits per heavy atom. The molecular formula is C32H36FN3O3. The van der Waals surface area contributed by atoms with Crippen LogP contribution in [0, 0.1) is 23.6 Å². The molecule has 1 aromatic heterocycles. The molecule has 2 bridgehead atoms. The predicted molar refractivity (Wildman–Crippen MR) is 146 cm³/mol. The topological polar surface area (TPSA) is 73.2 Å². The van der Waals surface area contributed by atoms with Crippen molar-refractivity contribution in [1.82, 2.24) is 15.1 Å². The number of benzene rings is 2. The van der Waals surface area contributed by atoms with E-state index in [0.29, 0.717) is 18.2 Å². The quantitative estimate of drug-likeness (QED) is 0.376. The highest BCUT2D eigenvalue weighted by Crippen LogP contribution is 2.49. The zero-order chi connectivity index (χ0) is 26.9. The van der Waals surface area contributed by atoms with Gasteiger partial charge >= 0.3 is 5.97 Å². The van der Waals surface area contributed by atoms with Gasteiger partial charge in [-0.25, -0.2) is 9.07 Å². The molecule has 1 N–H and O–H groups in total. The van der Waals surface area contributed by atoms with Gasteiger partial charge in [0.2, 0.25) is 0 Å². The van der Waals surface area contributed by atoms with Crippen molar-refractivity contribution in [3.8, 4) is 5.69 Å². The summed E-state index contributed by atoms with van der Waals surface area (Å²) < 4.78 is 21.0. The number of aromatic nitrogens is 2. The highest BCUT2D eigenvalue weighted by Gasteiger charge is 2.52. The van der Waals surface area contributed by atoms with Gasteiger partial charge in [-0.3, -0.25) is 9.59 Å². The van der Waals surface area contributed by atoms with Crippen LogP contribution in [-0.2, 0) is 22.4 Å². The fraction of sp³-hybridized carbons (Fsp3) is 0.469. The molecule has 2 fully saturated rings. The largest absolute Gasteiger partial charge is 0.466 e. The Kier molecular flexibility index (Phi) is 7.24. The molecular weight excluding hydrogens is 493 g/mol. The van der Waals surface area contributed by atoms with Crippen LogP contribution in [0.4, 0.5) is 4.39 Å². The van der Waals surface area contributed by atoms with Crippen molar-refractivity contribution < 1.29 is 18.7 Å². The Morgan fingerprint density at radius 1 is 1.05 bits per heavy atom. The van der Waals surface area contributed by atoms with Crippen molar-refractivity contribution in [3.05, 3.63) is 82.9 Å². The number of esters is 1. The monoisotopic (exact) mass is 529 g/mol. The molecule has 3 aliphatic rings. The third kappa shape index (κ3) is 4.99. The van der Waals surface area contributed by atoms with E-state index in [9.17, 15) is 14.0 Å². The third-order valence-electron chi connectivity index (χ3n) is 9.07. The fourth-order valence-corrected chi connectivity index (χ4v) is 7.32. The van der Waals surface area contributed by atoms with Crippen LogP contribution in [0.15, 0.2) is 54.6 Å². The van der Waals surface area contributed by atoms with Crippen LogP contribution in [0.2, 0.25) is 0 Å². The molecule has 204 valence electrons. The minimum atomic E-state index is -0.306. The van der Waals surface area contributed by atoms with Crippen molar-refractivity contribution in [1.29, 1.82) is 0 Å². The van der Waals surface area contributed by atoms with Gasteiger partial charge < -0.3 is 10.1 Å². The van der Waals surface area contributed by atoms with Gasteiger partial charge in [0.15, 0.2) is 5.69 Å². The molecule has 39 heavy (non-hydrogen) atoms. The van der Waals surface area contributed by atoms with E-state index in [4.69, 9.17) is 9.84 Å². The first-order chi connectivity index (χ1) is 19.0. The molecule has 0 saturated heterocycles. The van der Waals surface area contributed by atoms with Crippen LogP contribution in [0.5, 0.6) is 0 Å². The van der Waals surface area contributed by atoms with E-state index in [2.05, 4.69) is 29.6 Å². The van der Waals surface area contributed by atoms with Gasteiger partial charge in [-0.1, -0.05) is 30.3 Å². The maximum atomic E-state index is 13.9. The summed E-state index contributed by atoms with van der Waals surface area (Å²) >= 11 is 0. The number of hydrogen-bond donors (Lipinski definition) is 1. The normalized spacial score (nSPS) is 25.3. The smallest absolute Gasteiger partial charge is 0.311 e. The highest BCUT2D eigenvalue weighted by atomic mass is 19.1. The molecule has 6 nitrogen and oxygen atoms in total. The number of nitrogens with zero attached hydrogens (tertiary/aromatic N) is 2. The molecule has 6 rings (SSSR count). The number of carbonyl (C=O) groups excluding carboxylic acids is 2. The molecule has 1 amide bonds. The summed E-state index contributed by atoms with van der Waals surface area (Å²) in [6.45, 7) is 2.16. The Balaban J connectivity index is 1.32. The van der Waals surface area contributed by atoms with Crippen molar-refractivity contribution >= 4 is 11.9 Å². The van der Waals surface area contributed by atoms with Gasteiger partial charge in [0.25, 0.3) is 5.91 Å². The minimum Gasteiger partial charge on any atom is -0.466 e. The van der Waals surface area contributed by atoms with Crippen LogP contribution in [-0.4, -0.2) is 34.3 Å². The number of halogens is 1. The maximum Gasteiger partial charge on any atom is 0.311 e. The molecule has 1 heterocycles. The summed E-state index contributed by atoms with van der Waals surface area (Å²) in [4.78, 5) is 26.7. The number of nitrogens with one attached hydrogen (secondary N) is 1. The van der Waals surface area contributed by atoms with E-state index in [-0.39, 0.29) is 41.5 Å². The Morgan fingerprint density at radius 2 is 1.82 bits per heavy atom. The molecule has 5 atom stereocenters. The number of carbonyl (C=O) groups is 2. The average molecular weight is 530 g/mol. The zero-order valence-electron chi connectivity index (χ0n) is 22.4. The summed E-state index contributed by atoms with van der Waals surface area (Å²) in [5.41, 5.74) is 4.52. The van der Waals surface area contributed by atoms with Crippen molar-refractivity contribution in [3.63, 3.8) is 0 Å². The molecule has 0 spiro atoms. The predicted octanol–water partition coefficient (Wildman–Crippen LogP) is 5.77. The molecule has 3 aromatic rings. The minimum absolute atomic E-state index is 0.199. The van der Waals surface area contributed by atoms with Crippen LogP contribution < -0.4 is 5.32 Å². The first-order valence-electron chi connectivity index (χ1n) is 14.4. The van der Waals surface area contributed by atoms with E-state index in [1.165, 1.54) is 17.7 Å². The Hall–Kier alpha value is -3.48. The van der Waals surface area contributed by atoms with Crippen molar-refractivity contribution in [2.45, 2.75) is 70.3 Å². The molecule has 7 heteroatoms. The lowest BCUT2D eigenvalue weighted by molar-refractivity contribution is -0.150. The number of amides is 1. The van der Waals surface area contributed by atoms with Gasteiger partial charge in [0.05, 0.1) is 23.9 Å². The van der Waals surface area contributed by atoms with E-state index in [1.54, 1.807) is 12.1 Å². The van der Waals surface area contributed by atoms with Gasteiger partial charge in [-0.15, -0.1) is 0 Å². The second kappa shape index (κ2) is 10.9. The lowest BCUT2D eigenvalue weighted by atomic mass is 9.82. The fourth-order valence-electron chi connectivity index (χ4n) is 7.32. The number of ether oxygens (including phenoxy) is 1. The lowest BCUT2D eigenvalue weighted by Gasteiger charge is -2.30. The summed E-state index contributed by atoms with van der Waals surface area (Å²) in [7, 11) is 0. The van der Waals surface area contributed by atoms with Crippen LogP contribution >= 0.6 is 0 Å². The van der Waals surface area contributed by atoms with E-state index in [0.717, 1.165) is 68.3 Å². The average Bonchev–Trinajstić information content (AvgIpc) is 3.67. The molecule has 0 radical (unpaired) electrons. The number of aryl methyl sites for hydroxylation is 1. The molecule has 3 unspecified atom stereocenters. The highest BCUT2D eigenvalue weighted by molar-refractivity contribution is 5.95. The van der Waals surface area contributed by atoms with E-state index in [1.807, 2.05) is 17.7 Å². The van der Waals surface area contributed by atoms with Crippen LogP contribution in [0.3, 0.4) is 0 Å². The van der Waals surface area contributed by atoms with Gasteiger partial charge in [0, 0.05) is 17.5 Å². The first-order valence-corrected chi connectivity index (χ1v) is 14.4. The molecule has 2 saturated carbocycles. The van der Waals surface area contributed by atoms with E-state index >= 15 is 0 Å². The summed E-state index contributed by atoms with van der Waals surface area (Å²) in [5.74, 6) is -0.212. The summed E-state index contributed by atoms with van der Waals surface area (Å²) in [5, 5.41) is 8.11. The van der Waals surface area contributed by atoms with Gasteiger partial charge in [-0.2, -0.15) is 5.10 Å². The first kappa shape index (κ1) is 25.8. The Labute approximate surface area is 228 Å². The molecule has 2 aromatic carbocycles. The zero-order valence-corrected chi connectivity index (χ0v) is 22.4. The van der Waals surface area contributed by atoms with Crippen LogP contribution in [0.25, 0.3) is 5.69 Å². The second-order valence-corrected chi connectivity index (χ2v) is 11.3. The summed E-state index contributed by atoms with van der Waals surface area (Å²) in [6, 6.07) is 16.5. The number of fused-ring (bicyclic) bond motifs is 3. The SMILES string of the molecule is CCOC(=O)[C@H]1C2CCC(C2)[C@H]1NC(=O)c1nn(-c2ccc(F)cc2)c2c1CCCC2CCc1ccccc1. The van der Waals surface area contributed by atoms with Crippen LogP contribution in [0.1, 0.15) is 78.7 Å². The molecule has 3 aliphatic carbocycles. The summed E-state index contributed by atoms with van der Waals surface area (Å²) in [6.07, 6.45) is 7.66. The van der Waals surface area contributed by atoms with Crippen molar-refractivity contribution in [2.75, 3.05) is 6.61 Å².